The summed E-state index contributed by atoms with van der Waals surface area (Å²) in [7, 11) is 1.60. The summed E-state index contributed by atoms with van der Waals surface area (Å²) in [6.07, 6.45) is -0.563. The number of carbonyl (C=O) groups is 2. The number of benzene rings is 2. The van der Waals surface area contributed by atoms with Crippen molar-refractivity contribution in [2.45, 2.75) is 25.0 Å². The Bertz CT molecular complexity index is 1050. The van der Waals surface area contributed by atoms with Gasteiger partial charge in [0.1, 0.15) is 5.75 Å². The maximum atomic E-state index is 12.3. The predicted molar refractivity (Wildman–Crippen MR) is 109 cm³/mol. The van der Waals surface area contributed by atoms with Crippen molar-refractivity contribution >= 4 is 11.9 Å². The summed E-state index contributed by atoms with van der Waals surface area (Å²) < 4.78 is 5.39. The number of carbonyl (C=O) groups excluding carboxylic acids is 1. The first-order valence-corrected chi connectivity index (χ1v) is 9.43. The topological polar surface area (TPSA) is 147 Å². The van der Waals surface area contributed by atoms with Gasteiger partial charge in [-0.1, -0.05) is 47.3 Å². The lowest BCUT2D eigenvalue weighted by atomic mass is 9.97. The highest BCUT2D eigenvalue weighted by Crippen LogP contribution is 2.29. The van der Waals surface area contributed by atoms with Crippen LogP contribution < -0.4 is 10.1 Å². The van der Waals surface area contributed by atoms with E-state index < -0.39 is 24.0 Å². The molecule has 162 valence electrons. The molecule has 0 spiro atoms. The molecule has 31 heavy (non-hydrogen) atoms. The summed E-state index contributed by atoms with van der Waals surface area (Å²) >= 11 is 0. The Hall–Kier alpha value is -3.92. The molecule has 2 atom stereocenters. The molecule has 3 aromatic rings. The third-order valence-corrected chi connectivity index (χ3v) is 4.70. The first-order valence-electron chi connectivity index (χ1n) is 9.43. The molecule has 10 heteroatoms. The number of aromatic nitrogens is 3. The van der Waals surface area contributed by atoms with Crippen LogP contribution in [-0.2, 0) is 11.2 Å². The van der Waals surface area contributed by atoms with E-state index in [2.05, 4.69) is 15.6 Å². The summed E-state index contributed by atoms with van der Waals surface area (Å²) in [4.78, 5) is 23.8. The Morgan fingerprint density at radius 2 is 1.87 bits per heavy atom. The molecule has 3 rings (SSSR count). The summed E-state index contributed by atoms with van der Waals surface area (Å²) in [6.45, 7) is 0. The third kappa shape index (κ3) is 5.58. The van der Waals surface area contributed by atoms with E-state index in [1.165, 1.54) is 0 Å². The Kier molecular flexibility index (Phi) is 6.83. The van der Waals surface area contributed by atoms with Crippen LogP contribution in [0.5, 0.6) is 5.75 Å². The van der Waals surface area contributed by atoms with Crippen LogP contribution in [0.3, 0.4) is 0 Å². The quantitative estimate of drug-likeness (QED) is 0.375. The summed E-state index contributed by atoms with van der Waals surface area (Å²) in [5, 5.41) is 37.4. The average Bonchev–Trinajstić information content (AvgIpc) is 3.20. The van der Waals surface area contributed by atoms with Crippen LogP contribution in [0.1, 0.15) is 22.5 Å². The van der Waals surface area contributed by atoms with E-state index in [-0.39, 0.29) is 18.5 Å². The van der Waals surface area contributed by atoms with Crippen molar-refractivity contribution in [3.63, 3.8) is 0 Å². The molecule has 0 radical (unpaired) electrons. The first kappa shape index (κ1) is 21.8. The number of ether oxygens (including phenoxy) is 1. The summed E-state index contributed by atoms with van der Waals surface area (Å²) in [5.41, 5.74) is 2.55. The molecule has 10 nitrogen and oxygen atoms in total. The molecule has 1 heterocycles. The molecule has 0 fully saturated rings. The Morgan fingerprint density at radius 1 is 1.16 bits per heavy atom. The number of aliphatic hydroxyl groups excluding tert-OH is 1. The number of aliphatic carboxylic acids is 1. The third-order valence-electron chi connectivity index (χ3n) is 4.70. The van der Waals surface area contributed by atoms with Gasteiger partial charge in [-0.05, 0) is 28.8 Å². The highest BCUT2D eigenvalue weighted by Gasteiger charge is 2.23. The van der Waals surface area contributed by atoms with Gasteiger partial charge in [0, 0.05) is 18.0 Å². The number of amides is 1. The zero-order chi connectivity index (χ0) is 22.4. The normalized spacial score (nSPS) is 12.7. The van der Waals surface area contributed by atoms with E-state index >= 15 is 0 Å². The number of rotatable bonds is 9. The van der Waals surface area contributed by atoms with Gasteiger partial charge in [-0.3, -0.25) is 4.79 Å². The van der Waals surface area contributed by atoms with E-state index in [1.54, 1.807) is 7.11 Å². The van der Waals surface area contributed by atoms with Gasteiger partial charge in [0.15, 0.2) is 11.8 Å². The van der Waals surface area contributed by atoms with Crippen molar-refractivity contribution < 1.29 is 29.7 Å². The number of nitrogens with one attached hydrogen (secondary N) is 1. The monoisotopic (exact) mass is 426 g/mol. The Balaban J connectivity index is 1.76. The van der Waals surface area contributed by atoms with Gasteiger partial charge in [-0.25, -0.2) is 4.79 Å². The number of hydrogen-bond donors (Lipinski definition) is 4. The van der Waals surface area contributed by atoms with E-state index in [1.807, 2.05) is 48.5 Å². The van der Waals surface area contributed by atoms with Crippen LogP contribution in [-0.4, -0.2) is 61.7 Å². The fraction of sp³-hybridized carbons (Fsp3) is 0.238. The van der Waals surface area contributed by atoms with Crippen molar-refractivity contribution in [1.29, 1.82) is 0 Å². The van der Waals surface area contributed by atoms with Crippen molar-refractivity contribution in [2.75, 3.05) is 7.11 Å². The molecule has 2 aromatic carbocycles. The molecule has 0 saturated carbocycles. The average molecular weight is 426 g/mol. The van der Waals surface area contributed by atoms with E-state index in [0.29, 0.717) is 4.85 Å². The van der Waals surface area contributed by atoms with Crippen LogP contribution in [0.2, 0.25) is 0 Å². The Morgan fingerprint density at radius 3 is 2.48 bits per heavy atom. The molecular formula is C21H22N4O6. The van der Waals surface area contributed by atoms with Gasteiger partial charge in [0.05, 0.1) is 13.3 Å². The van der Waals surface area contributed by atoms with Gasteiger partial charge in [-0.2, -0.15) is 0 Å². The van der Waals surface area contributed by atoms with Gasteiger partial charge in [0.2, 0.25) is 0 Å². The number of nitrogens with zero attached hydrogens (tertiary/aromatic N) is 3. The molecule has 0 aliphatic carbocycles. The lowest BCUT2D eigenvalue weighted by Crippen LogP contribution is -2.40. The molecule has 4 N–H and O–H groups in total. The van der Waals surface area contributed by atoms with Crippen molar-refractivity contribution in [2.24, 2.45) is 0 Å². The molecule has 1 amide bonds. The minimum atomic E-state index is -1.65. The van der Waals surface area contributed by atoms with Crippen LogP contribution in [0.15, 0.2) is 54.7 Å². The smallest absolute Gasteiger partial charge is 0.332 e. The lowest BCUT2D eigenvalue weighted by molar-refractivity contribution is -0.147. The number of aliphatic hydroxyl groups is 1. The molecular weight excluding hydrogens is 404 g/mol. The second kappa shape index (κ2) is 9.72. The SMILES string of the molecule is COc1ccccc1-c1ccc(CC(CC(O)C(=O)O)NC(=O)c2cn(O)nn2)cc1. The van der Waals surface area contributed by atoms with E-state index in [4.69, 9.17) is 9.84 Å². The minimum absolute atomic E-state index is 0.135. The number of hydrogen-bond acceptors (Lipinski definition) is 7. The van der Waals surface area contributed by atoms with E-state index in [0.717, 1.165) is 28.6 Å². The van der Waals surface area contributed by atoms with Crippen LogP contribution in [0.4, 0.5) is 0 Å². The zero-order valence-corrected chi connectivity index (χ0v) is 16.7. The molecule has 2 unspecified atom stereocenters. The van der Waals surface area contributed by atoms with Crippen LogP contribution in [0.25, 0.3) is 11.1 Å². The maximum absolute atomic E-state index is 12.3. The van der Waals surface area contributed by atoms with E-state index in [9.17, 15) is 19.9 Å². The van der Waals surface area contributed by atoms with Crippen LogP contribution in [0, 0.1) is 0 Å². The molecule has 1 aromatic heterocycles. The van der Waals surface area contributed by atoms with Gasteiger partial charge in [0.25, 0.3) is 5.91 Å². The van der Waals surface area contributed by atoms with Crippen molar-refractivity contribution in [3.8, 4) is 16.9 Å². The zero-order valence-electron chi connectivity index (χ0n) is 16.7. The largest absolute Gasteiger partial charge is 0.496 e. The van der Waals surface area contributed by atoms with Gasteiger partial charge >= 0.3 is 5.97 Å². The molecule has 0 saturated heterocycles. The van der Waals surface area contributed by atoms with Crippen LogP contribution >= 0.6 is 0 Å². The standard InChI is InChI=1S/C21H22N4O6/c1-31-19-5-3-2-4-16(19)14-8-6-13(7-9-14)10-15(11-18(26)21(28)29)22-20(27)17-12-25(30)24-23-17/h2-9,12,15,18,26,30H,10-11H2,1H3,(H,22,27)(H,28,29). The van der Waals surface area contributed by atoms with Crippen molar-refractivity contribution in [1.82, 2.24) is 20.5 Å². The second-order valence-electron chi connectivity index (χ2n) is 6.89. The number of methoxy groups -OCH3 is 1. The lowest BCUT2D eigenvalue weighted by Gasteiger charge is -2.20. The van der Waals surface area contributed by atoms with Crippen molar-refractivity contribution in [3.05, 3.63) is 66.0 Å². The molecule has 0 aliphatic heterocycles. The van der Waals surface area contributed by atoms with Gasteiger partial charge in [-0.15, -0.1) is 5.10 Å². The number of carboxylic acid groups (broad SMARTS) is 1. The second-order valence-corrected chi connectivity index (χ2v) is 6.89. The molecule has 0 aliphatic rings. The first-order chi connectivity index (χ1) is 14.9. The minimum Gasteiger partial charge on any atom is -0.496 e. The van der Waals surface area contributed by atoms with Gasteiger partial charge < -0.3 is 25.5 Å². The predicted octanol–water partition coefficient (Wildman–Crippen LogP) is 1.37. The fourth-order valence-electron chi connectivity index (χ4n) is 3.17. The fourth-order valence-corrected chi connectivity index (χ4v) is 3.17. The Labute approximate surface area is 177 Å². The highest BCUT2D eigenvalue weighted by molar-refractivity contribution is 5.92. The maximum Gasteiger partial charge on any atom is 0.332 e. The summed E-state index contributed by atoms with van der Waals surface area (Å²) in [6, 6.07) is 14.4. The molecule has 0 bridgehead atoms. The number of para-hydroxylation sites is 1. The number of carboxylic acids is 1. The summed E-state index contributed by atoms with van der Waals surface area (Å²) in [5.74, 6) is -1.29. The highest BCUT2D eigenvalue weighted by atomic mass is 16.5.